The summed E-state index contributed by atoms with van der Waals surface area (Å²) in [6.45, 7) is 2.50. The number of nitrogens with one attached hydrogen (secondary N) is 1. The van der Waals surface area contributed by atoms with Crippen LogP contribution in [-0.2, 0) is 10.5 Å². The molecule has 6 rings (SSSR count). The van der Waals surface area contributed by atoms with Crippen molar-refractivity contribution >= 4 is 43.3 Å². The number of hydrogen-bond acceptors (Lipinski definition) is 5. The highest BCUT2D eigenvalue weighted by molar-refractivity contribution is 7.81. The number of aromatic nitrogens is 2. The Hall–Kier alpha value is -4.29. The molecule has 216 valence electrons. The van der Waals surface area contributed by atoms with Crippen molar-refractivity contribution in [3.63, 3.8) is 0 Å². The fraction of sp³-hybridized carbons (Fsp3) is 0.303. The van der Waals surface area contributed by atoms with Gasteiger partial charge in [-0.15, -0.1) is 6.42 Å². The van der Waals surface area contributed by atoms with Crippen molar-refractivity contribution in [3.8, 4) is 35.0 Å². The van der Waals surface area contributed by atoms with E-state index in [0.717, 1.165) is 66.2 Å². The Morgan fingerprint density at radius 2 is 1.88 bits per heavy atom. The molecule has 42 heavy (non-hydrogen) atoms. The number of unbranched alkanes of at least 4 members (excludes halogenated alkanes) is 1. The Labute approximate surface area is 243 Å². The van der Waals surface area contributed by atoms with Crippen LogP contribution in [0.5, 0.6) is 11.5 Å². The highest BCUT2D eigenvalue weighted by atomic mass is 32.3. The summed E-state index contributed by atoms with van der Waals surface area (Å²) in [6.07, 6.45) is 12.7. The molecule has 5 aromatic rings. The van der Waals surface area contributed by atoms with Crippen molar-refractivity contribution in [3.05, 3.63) is 70.4 Å². The summed E-state index contributed by atoms with van der Waals surface area (Å²) in [5.74, 6) is 3.00. The van der Waals surface area contributed by atoms with Crippen LogP contribution in [0.1, 0.15) is 63.5 Å². The van der Waals surface area contributed by atoms with Crippen LogP contribution in [0.25, 0.3) is 44.0 Å². The van der Waals surface area contributed by atoms with Crippen LogP contribution in [0.2, 0.25) is 0 Å². The van der Waals surface area contributed by atoms with Gasteiger partial charge in [0.25, 0.3) is 0 Å². The molecule has 0 bridgehead atoms. The predicted octanol–water partition coefficient (Wildman–Crippen LogP) is 7.56. The van der Waals surface area contributed by atoms with E-state index in [-0.39, 0.29) is 17.2 Å². The Morgan fingerprint density at radius 1 is 1.07 bits per heavy atom. The second-order valence-corrected chi connectivity index (χ2v) is 11.8. The Kier molecular flexibility index (Phi) is 7.42. The van der Waals surface area contributed by atoms with Gasteiger partial charge in [0, 0.05) is 28.1 Å². The molecule has 9 heteroatoms. The van der Waals surface area contributed by atoms with Gasteiger partial charge in [-0.05, 0) is 61.2 Å². The van der Waals surface area contributed by atoms with Gasteiger partial charge in [-0.2, -0.15) is 8.42 Å². The first-order chi connectivity index (χ1) is 20.3. The number of hydrogen-bond donors (Lipinski definition) is 1. The lowest BCUT2D eigenvalue weighted by molar-refractivity contribution is 0.311. The topological polar surface area (TPSA) is 90.4 Å². The zero-order valence-electron chi connectivity index (χ0n) is 23.3. The van der Waals surface area contributed by atoms with Crippen LogP contribution in [0.3, 0.4) is 0 Å². The summed E-state index contributed by atoms with van der Waals surface area (Å²) in [6, 6.07) is 15.7. The predicted molar refractivity (Wildman–Crippen MR) is 164 cm³/mol. The van der Waals surface area contributed by atoms with E-state index in [1.165, 1.54) is 18.6 Å². The van der Waals surface area contributed by atoms with Crippen molar-refractivity contribution in [1.29, 1.82) is 0 Å². The van der Waals surface area contributed by atoms with Gasteiger partial charge in [0.2, 0.25) is 0 Å². The highest BCUT2D eigenvalue weighted by Gasteiger charge is 2.25. The molecule has 1 aliphatic rings. The fourth-order valence-electron chi connectivity index (χ4n) is 6.11. The average molecular weight is 587 g/mol. The van der Waals surface area contributed by atoms with E-state index in [1.54, 1.807) is 18.2 Å². The van der Waals surface area contributed by atoms with Crippen LogP contribution in [0.15, 0.2) is 59.4 Å². The van der Waals surface area contributed by atoms with Gasteiger partial charge in [-0.3, -0.25) is 4.79 Å². The van der Waals surface area contributed by atoms with E-state index in [1.807, 2.05) is 24.3 Å². The minimum atomic E-state index is -5.20. The molecular formula is C33H31FN2O5S. The molecule has 2 heterocycles. The Bertz CT molecular complexity index is 2030. The second-order valence-electron chi connectivity index (χ2n) is 10.8. The number of nitrogens with zero attached hydrogens (tertiary/aromatic N) is 1. The SMILES string of the molecule is C#Cc1ccc2c(c1)[nH]c1c2c(=O)c2cc(OCCCC)c(-c3cccc(OS(=O)(=O)F)c3)cc2n1C1CCCCC1. The lowest BCUT2D eigenvalue weighted by Gasteiger charge is -2.28. The molecular weight excluding hydrogens is 555 g/mol. The average Bonchev–Trinajstić information content (AvgIpc) is 3.35. The van der Waals surface area contributed by atoms with E-state index in [0.29, 0.717) is 34.3 Å². The molecule has 0 atom stereocenters. The first-order valence-electron chi connectivity index (χ1n) is 14.3. The van der Waals surface area contributed by atoms with E-state index in [9.17, 15) is 17.1 Å². The first kappa shape index (κ1) is 27.9. The minimum absolute atomic E-state index is 0.112. The smallest absolute Gasteiger partial charge is 0.488 e. The molecule has 1 fully saturated rings. The van der Waals surface area contributed by atoms with Gasteiger partial charge < -0.3 is 18.5 Å². The number of aromatic amines is 1. The maximum absolute atomic E-state index is 14.2. The normalized spacial score (nSPS) is 14.4. The van der Waals surface area contributed by atoms with Gasteiger partial charge in [-0.25, -0.2) is 0 Å². The Morgan fingerprint density at radius 3 is 2.62 bits per heavy atom. The third-order valence-corrected chi connectivity index (χ3v) is 8.44. The van der Waals surface area contributed by atoms with Crippen LogP contribution < -0.4 is 14.3 Å². The summed E-state index contributed by atoms with van der Waals surface area (Å²) in [7, 11) is -5.20. The van der Waals surface area contributed by atoms with Crippen LogP contribution >= 0.6 is 0 Å². The third kappa shape index (κ3) is 5.23. The lowest BCUT2D eigenvalue weighted by atomic mass is 9.93. The molecule has 0 amide bonds. The molecule has 0 radical (unpaired) electrons. The molecule has 1 aliphatic carbocycles. The van der Waals surface area contributed by atoms with Crippen molar-refractivity contribution in [2.45, 2.75) is 57.9 Å². The van der Waals surface area contributed by atoms with Gasteiger partial charge in [0.05, 0.1) is 22.9 Å². The molecule has 0 unspecified atom stereocenters. The molecule has 2 aromatic heterocycles. The van der Waals surface area contributed by atoms with Crippen molar-refractivity contribution < 1.29 is 21.2 Å². The molecule has 0 aliphatic heterocycles. The number of terminal acetylenes is 1. The van der Waals surface area contributed by atoms with E-state index < -0.39 is 10.5 Å². The number of benzene rings is 3. The molecule has 1 N–H and O–H groups in total. The van der Waals surface area contributed by atoms with Gasteiger partial charge in [0.15, 0.2) is 5.43 Å². The quantitative estimate of drug-likeness (QED) is 0.115. The van der Waals surface area contributed by atoms with Crippen LogP contribution in [0.4, 0.5) is 3.89 Å². The second kappa shape index (κ2) is 11.2. The number of pyridine rings is 1. The van der Waals surface area contributed by atoms with Crippen molar-refractivity contribution in [2.75, 3.05) is 6.61 Å². The van der Waals surface area contributed by atoms with Gasteiger partial charge >= 0.3 is 10.5 Å². The minimum Gasteiger partial charge on any atom is -0.493 e. The van der Waals surface area contributed by atoms with Crippen molar-refractivity contribution in [2.24, 2.45) is 0 Å². The maximum atomic E-state index is 14.2. The van der Waals surface area contributed by atoms with Crippen LogP contribution in [0, 0.1) is 12.3 Å². The monoisotopic (exact) mass is 586 g/mol. The Balaban J connectivity index is 1.68. The number of ether oxygens (including phenoxy) is 1. The molecule has 0 spiro atoms. The number of halogens is 1. The molecule has 1 saturated carbocycles. The summed E-state index contributed by atoms with van der Waals surface area (Å²) >= 11 is 0. The third-order valence-electron chi connectivity index (χ3n) is 8.05. The number of rotatable bonds is 8. The zero-order chi connectivity index (χ0) is 29.4. The largest absolute Gasteiger partial charge is 0.493 e. The summed E-state index contributed by atoms with van der Waals surface area (Å²) < 4.78 is 48.7. The molecule has 3 aromatic carbocycles. The van der Waals surface area contributed by atoms with Gasteiger partial charge in [0.1, 0.15) is 17.1 Å². The summed E-state index contributed by atoms with van der Waals surface area (Å²) in [5.41, 5.74) is 4.12. The van der Waals surface area contributed by atoms with E-state index in [4.69, 9.17) is 11.2 Å². The highest BCUT2D eigenvalue weighted by Crippen LogP contribution is 2.40. The van der Waals surface area contributed by atoms with E-state index in [2.05, 4.69) is 26.6 Å². The molecule has 7 nitrogen and oxygen atoms in total. The van der Waals surface area contributed by atoms with Gasteiger partial charge in [-0.1, -0.05) is 60.6 Å². The lowest BCUT2D eigenvalue weighted by Crippen LogP contribution is -2.18. The number of H-pyrrole nitrogens is 1. The zero-order valence-corrected chi connectivity index (χ0v) is 24.1. The first-order valence-corrected chi connectivity index (χ1v) is 15.6. The maximum Gasteiger partial charge on any atom is 0.488 e. The number of fused-ring (bicyclic) bond motifs is 4. The summed E-state index contributed by atoms with van der Waals surface area (Å²) in [4.78, 5) is 17.7. The van der Waals surface area contributed by atoms with Crippen LogP contribution in [-0.4, -0.2) is 24.6 Å². The fourth-order valence-corrected chi connectivity index (χ4v) is 6.44. The summed E-state index contributed by atoms with van der Waals surface area (Å²) in [5, 5.41) is 1.96. The van der Waals surface area contributed by atoms with Crippen molar-refractivity contribution in [1.82, 2.24) is 9.55 Å². The van der Waals surface area contributed by atoms with E-state index >= 15 is 0 Å². The molecule has 0 saturated heterocycles. The standard InChI is InChI=1S/C33H31FN2O5S/c1-3-5-16-40-30-20-27-29(19-26(30)22-10-9-13-24(18-22)41-42(34,38)39)36(23-11-7-6-8-12-23)33-31(32(27)37)25-15-14-21(4-2)17-28(25)35-33/h2,9-10,13-15,17-20,23,35H,3,5-8,11-12,16H2,1H3.